The van der Waals surface area contributed by atoms with Crippen molar-refractivity contribution >= 4 is 23.1 Å². The minimum atomic E-state index is -0.610. The first-order valence-corrected chi connectivity index (χ1v) is 9.91. The molecule has 3 heterocycles. The number of carbonyl (C=O) groups is 2. The van der Waals surface area contributed by atoms with Crippen molar-refractivity contribution in [1.29, 1.82) is 0 Å². The number of imidazole rings is 1. The van der Waals surface area contributed by atoms with Gasteiger partial charge in [0, 0.05) is 49.8 Å². The van der Waals surface area contributed by atoms with E-state index in [0.29, 0.717) is 18.8 Å². The molecule has 2 N–H and O–H groups in total. The molecule has 0 saturated carbocycles. The van der Waals surface area contributed by atoms with Gasteiger partial charge >= 0.3 is 11.8 Å². The summed E-state index contributed by atoms with van der Waals surface area (Å²) < 4.78 is 1.88. The number of carbonyl (C=O) groups excluding carboxylic acids is 2. The van der Waals surface area contributed by atoms with Gasteiger partial charge < -0.3 is 19.9 Å². The first-order chi connectivity index (χ1) is 14.1. The fourth-order valence-electron chi connectivity index (χ4n) is 3.70. The minimum Gasteiger partial charge on any atom is -0.333 e. The van der Waals surface area contributed by atoms with Gasteiger partial charge in [-0.1, -0.05) is 30.3 Å². The van der Waals surface area contributed by atoms with Crippen LogP contribution in [0.2, 0.25) is 0 Å². The standard InChI is InChI=1S/C22H25N5O2/c1-16-14-26-11-9-18(12-20(26)24-16)25-21(28)22(29)27-10-5-8-19(15-27)23-13-17-6-3-2-4-7-17/h2-4,6-7,9,11-12,14,19,23H,5,8,10,13,15H2,1H3,(H,25,28). The average Bonchev–Trinajstić information content (AvgIpc) is 3.12. The summed E-state index contributed by atoms with van der Waals surface area (Å²) in [6, 6.07) is 13.9. The van der Waals surface area contributed by atoms with Gasteiger partial charge in [0.2, 0.25) is 0 Å². The molecule has 0 aliphatic carbocycles. The van der Waals surface area contributed by atoms with Crippen LogP contribution < -0.4 is 10.6 Å². The number of anilines is 1. The number of aryl methyl sites for hydroxylation is 1. The number of benzene rings is 1. The Morgan fingerprint density at radius 2 is 2.03 bits per heavy atom. The summed E-state index contributed by atoms with van der Waals surface area (Å²) in [6.07, 6.45) is 5.60. The van der Waals surface area contributed by atoms with E-state index in [1.165, 1.54) is 5.56 Å². The first kappa shape index (κ1) is 19.1. The molecule has 1 saturated heterocycles. The van der Waals surface area contributed by atoms with Gasteiger partial charge in [-0.3, -0.25) is 9.59 Å². The van der Waals surface area contributed by atoms with Crippen molar-refractivity contribution in [3.63, 3.8) is 0 Å². The van der Waals surface area contributed by atoms with E-state index < -0.39 is 11.8 Å². The normalized spacial score (nSPS) is 16.7. The van der Waals surface area contributed by atoms with E-state index >= 15 is 0 Å². The molecule has 1 atom stereocenters. The smallest absolute Gasteiger partial charge is 0.313 e. The summed E-state index contributed by atoms with van der Waals surface area (Å²) >= 11 is 0. The maximum Gasteiger partial charge on any atom is 0.313 e. The molecule has 1 aromatic carbocycles. The number of hydrogen-bond acceptors (Lipinski definition) is 4. The van der Waals surface area contributed by atoms with Crippen LogP contribution in [-0.4, -0.2) is 45.2 Å². The lowest BCUT2D eigenvalue weighted by Crippen LogP contribution is -2.50. The maximum atomic E-state index is 12.7. The molecule has 3 aromatic rings. The molecule has 1 fully saturated rings. The predicted molar refractivity (Wildman–Crippen MR) is 111 cm³/mol. The number of piperidine rings is 1. The van der Waals surface area contributed by atoms with Gasteiger partial charge in [0.05, 0.1) is 5.69 Å². The zero-order valence-corrected chi connectivity index (χ0v) is 16.5. The van der Waals surface area contributed by atoms with E-state index in [2.05, 4.69) is 27.8 Å². The van der Waals surface area contributed by atoms with Crippen LogP contribution in [0.5, 0.6) is 0 Å². The molecular weight excluding hydrogens is 366 g/mol. The fraction of sp³-hybridized carbons (Fsp3) is 0.318. The molecule has 2 aromatic heterocycles. The second kappa shape index (κ2) is 8.45. The number of aromatic nitrogens is 2. The molecule has 0 radical (unpaired) electrons. The summed E-state index contributed by atoms with van der Waals surface area (Å²) in [7, 11) is 0. The van der Waals surface area contributed by atoms with Crippen LogP contribution in [0.25, 0.3) is 5.65 Å². The van der Waals surface area contributed by atoms with Crippen molar-refractivity contribution < 1.29 is 9.59 Å². The first-order valence-electron chi connectivity index (χ1n) is 9.91. The molecule has 1 aliphatic heterocycles. The van der Waals surface area contributed by atoms with Crippen LogP contribution >= 0.6 is 0 Å². The molecule has 7 heteroatoms. The third kappa shape index (κ3) is 4.63. The second-order valence-electron chi connectivity index (χ2n) is 7.47. The van der Waals surface area contributed by atoms with Crippen molar-refractivity contribution in [3.05, 3.63) is 66.1 Å². The highest BCUT2D eigenvalue weighted by Gasteiger charge is 2.27. The Morgan fingerprint density at radius 1 is 1.21 bits per heavy atom. The highest BCUT2D eigenvalue weighted by atomic mass is 16.2. The molecule has 0 spiro atoms. The van der Waals surface area contributed by atoms with Gasteiger partial charge in [-0.15, -0.1) is 0 Å². The third-order valence-corrected chi connectivity index (χ3v) is 5.18. The quantitative estimate of drug-likeness (QED) is 0.670. The molecule has 1 aliphatic rings. The van der Waals surface area contributed by atoms with Crippen LogP contribution in [0.3, 0.4) is 0 Å². The van der Waals surface area contributed by atoms with Crippen molar-refractivity contribution in [1.82, 2.24) is 19.6 Å². The SMILES string of the molecule is Cc1cn2ccc(NC(=O)C(=O)N3CCCC(NCc4ccccc4)C3)cc2n1. The Hall–Kier alpha value is -3.19. The Kier molecular flexibility index (Phi) is 5.57. The van der Waals surface area contributed by atoms with Crippen molar-refractivity contribution in [2.24, 2.45) is 0 Å². The van der Waals surface area contributed by atoms with Gasteiger partial charge in [-0.25, -0.2) is 4.98 Å². The number of rotatable bonds is 4. The van der Waals surface area contributed by atoms with E-state index in [9.17, 15) is 9.59 Å². The van der Waals surface area contributed by atoms with Crippen LogP contribution in [0, 0.1) is 6.92 Å². The molecular formula is C22H25N5O2. The largest absolute Gasteiger partial charge is 0.333 e. The number of fused-ring (bicyclic) bond motifs is 1. The van der Waals surface area contributed by atoms with Crippen LogP contribution in [-0.2, 0) is 16.1 Å². The summed E-state index contributed by atoms with van der Waals surface area (Å²) in [5, 5.41) is 6.21. The number of amides is 2. The highest BCUT2D eigenvalue weighted by Crippen LogP contribution is 2.14. The van der Waals surface area contributed by atoms with E-state index in [1.54, 1.807) is 17.0 Å². The number of nitrogens with zero attached hydrogens (tertiary/aromatic N) is 3. The second-order valence-corrected chi connectivity index (χ2v) is 7.47. The molecule has 2 amide bonds. The third-order valence-electron chi connectivity index (χ3n) is 5.18. The summed E-state index contributed by atoms with van der Waals surface area (Å²) in [6.45, 7) is 3.81. The Morgan fingerprint density at radius 3 is 2.86 bits per heavy atom. The molecule has 29 heavy (non-hydrogen) atoms. The Labute approximate surface area is 169 Å². The number of likely N-dealkylation sites (tertiary alicyclic amines) is 1. The monoisotopic (exact) mass is 391 g/mol. The highest BCUT2D eigenvalue weighted by molar-refractivity contribution is 6.39. The zero-order valence-electron chi connectivity index (χ0n) is 16.5. The molecule has 1 unspecified atom stereocenters. The molecule has 0 bridgehead atoms. The predicted octanol–water partition coefficient (Wildman–Crippen LogP) is 2.36. The number of hydrogen-bond donors (Lipinski definition) is 2. The Balaban J connectivity index is 1.34. The lowest BCUT2D eigenvalue weighted by atomic mass is 10.0. The van der Waals surface area contributed by atoms with Crippen LogP contribution in [0.1, 0.15) is 24.1 Å². The summed E-state index contributed by atoms with van der Waals surface area (Å²) in [5.74, 6) is -1.10. The average molecular weight is 391 g/mol. The van der Waals surface area contributed by atoms with Gasteiger partial charge in [0.15, 0.2) is 0 Å². The van der Waals surface area contributed by atoms with Gasteiger partial charge in [-0.2, -0.15) is 0 Å². The van der Waals surface area contributed by atoms with Crippen LogP contribution in [0.15, 0.2) is 54.9 Å². The van der Waals surface area contributed by atoms with Crippen molar-refractivity contribution in [3.8, 4) is 0 Å². The minimum absolute atomic E-state index is 0.185. The lowest BCUT2D eigenvalue weighted by molar-refractivity contribution is -0.144. The topological polar surface area (TPSA) is 78.7 Å². The fourth-order valence-corrected chi connectivity index (χ4v) is 3.70. The van der Waals surface area contributed by atoms with E-state index in [4.69, 9.17) is 0 Å². The van der Waals surface area contributed by atoms with Gasteiger partial charge in [0.1, 0.15) is 5.65 Å². The molecule has 150 valence electrons. The Bertz CT molecular complexity index is 1010. The molecule has 7 nitrogen and oxygen atoms in total. The van der Waals surface area contributed by atoms with Crippen molar-refractivity contribution in [2.45, 2.75) is 32.4 Å². The van der Waals surface area contributed by atoms with Crippen molar-refractivity contribution in [2.75, 3.05) is 18.4 Å². The van der Waals surface area contributed by atoms with E-state index in [1.807, 2.05) is 41.9 Å². The van der Waals surface area contributed by atoms with E-state index in [-0.39, 0.29) is 6.04 Å². The number of pyridine rings is 1. The van der Waals surface area contributed by atoms with Gasteiger partial charge in [-0.05, 0) is 31.4 Å². The summed E-state index contributed by atoms with van der Waals surface area (Å²) in [5.41, 5.74) is 3.40. The lowest BCUT2D eigenvalue weighted by Gasteiger charge is -2.33. The van der Waals surface area contributed by atoms with E-state index in [0.717, 1.165) is 30.7 Å². The number of nitrogens with one attached hydrogen (secondary N) is 2. The maximum absolute atomic E-state index is 12.7. The van der Waals surface area contributed by atoms with Crippen LogP contribution in [0.4, 0.5) is 5.69 Å². The molecule has 4 rings (SSSR count). The van der Waals surface area contributed by atoms with Gasteiger partial charge in [0.25, 0.3) is 0 Å². The zero-order chi connectivity index (χ0) is 20.2. The summed E-state index contributed by atoms with van der Waals surface area (Å²) in [4.78, 5) is 31.2.